The maximum Gasteiger partial charge on any atom is 0.407 e. The number of benzene rings is 1. The molecule has 0 aliphatic rings. The zero-order valence-corrected chi connectivity index (χ0v) is 17.5. The van der Waals surface area contributed by atoms with Crippen molar-refractivity contribution >= 4 is 27.8 Å². The van der Waals surface area contributed by atoms with E-state index in [9.17, 15) is 28.1 Å². The van der Waals surface area contributed by atoms with Gasteiger partial charge in [-0.3, -0.25) is 14.9 Å². The highest BCUT2D eigenvalue weighted by atomic mass is 32.2. The Morgan fingerprint density at radius 2 is 1.83 bits per heavy atom. The van der Waals surface area contributed by atoms with Crippen LogP contribution in [0, 0.1) is 10.1 Å². The van der Waals surface area contributed by atoms with Crippen molar-refractivity contribution in [2.24, 2.45) is 0 Å². The van der Waals surface area contributed by atoms with Gasteiger partial charge in [0.15, 0.2) is 4.90 Å². The molecule has 1 aromatic carbocycles. The molecule has 12 heteroatoms. The van der Waals surface area contributed by atoms with Gasteiger partial charge in [-0.05, 0) is 26.8 Å². The van der Waals surface area contributed by atoms with E-state index in [-0.39, 0.29) is 26.2 Å². The van der Waals surface area contributed by atoms with Crippen molar-refractivity contribution in [2.75, 3.05) is 26.2 Å². The van der Waals surface area contributed by atoms with E-state index >= 15 is 0 Å². The van der Waals surface area contributed by atoms with Gasteiger partial charge in [-0.2, -0.15) is 4.31 Å². The van der Waals surface area contributed by atoms with Crippen LogP contribution in [-0.2, 0) is 24.3 Å². The summed E-state index contributed by atoms with van der Waals surface area (Å²) < 4.78 is 36.7. The first-order valence-electron chi connectivity index (χ1n) is 8.68. The van der Waals surface area contributed by atoms with Crippen molar-refractivity contribution in [3.8, 4) is 0 Å². The van der Waals surface area contributed by atoms with Crippen LogP contribution in [0.4, 0.5) is 10.5 Å². The number of rotatable bonds is 9. The van der Waals surface area contributed by atoms with Gasteiger partial charge < -0.3 is 14.8 Å². The summed E-state index contributed by atoms with van der Waals surface area (Å²) in [4.78, 5) is 32.6. The molecule has 0 saturated carbocycles. The number of nitrogens with zero attached hydrogens (tertiary/aromatic N) is 2. The van der Waals surface area contributed by atoms with E-state index < -0.39 is 43.2 Å². The molecule has 29 heavy (non-hydrogen) atoms. The summed E-state index contributed by atoms with van der Waals surface area (Å²) in [6.45, 7) is 5.38. The number of hydrogen-bond donors (Lipinski definition) is 1. The summed E-state index contributed by atoms with van der Waals surface area (Å²) in [6.07, 6.45) is -0.736. The van der Waals surface area contributed by atoms with Crippen molar-refractivity contribution in [3.05, 3.63) is 34.4 Å². The zero-order valence-electron chi connectivity index (χ0n) is 16.7. The molecule has 0 spiro atoms. The molecule has 1 rings (SSSR count). The second kappa shape index (κ2) is 10.2. The van der Waals surface area contributed by atoms with E-state index in [1.807, 2.05) is 0 Å². The summed E-state index contributed by atoms with van der Waals surface area (Å²) in [5, 5.41) is 13.6. The summed E-state index contributed by atoms with van der Waals surface area (Å²) in [7, 11) is -4.30. The number of nitro benzene ring substituents is 1. The fourth-order valence-electron chi connectivity index (χ4n) is 2.21. The second-order valence-electron chi connectivity index (χ2n) is 6.90. The van der Waals surface area contributed by atoms with Crippen LogP contribution in [-0.4, -0.2) is 61.6 Å². The average molecular weight is 431 g/mol. The summed E-state index contributed by atoms with van der Waals surface area (Å²) in [5.74, 6) is -0.597. The van der Waals surface area contributed by atoms with Gasteiger partial charge in [-0.25, -0.2) is 13.2 Å². The van der Waals surface area contributed by atoms with E-state index in [0.717, 1.165) is 16.4 Å². The number of esters is 1. The Kier molecular flexibility index (Phi) is 8.52. The molecule has 0 bridgehead atoms. The first-order chi connectivity index (χ1) is 13.3. The quantitative estimate of drug-likeness (QED) is 0.353. The van der Waals surface area contributed by atoms with Crippen molar-refractivity contribution < 1.29 is 32.4 Å². The van der Waals surface area contributed by atoms with Crippen molar-refractivity contribution in [1.29, 1.82) is 0 Å². The predicted octanol–water partition coefficient (Wildman–Crippen LogP) is 1.67. The Bertz CT molecular complexity index is 848. The van der Waals surface area contributed by atoms with Gasteiger partial charge in [-0.1, -0.05) is 12.1 Å². The third kappa shape index (κ3) is 8.03. The Balaban J connectivity index is 3.00. The van der Waals surface area contributed by atoms with Crippen molar-refractivity contribution in [2.45, 2.75) is 38.2 Å². The smallest absolute Gasteiger partial charge is 0.407 e. The third-order valence-corrected chi connectivity index (χ3v) is 5.30. The Morgan fingerprint density at radius 1 is 1.21 bits per heavy atom. The normalized spacial score (nSPS) is 11.8. The third-order valence-electron chi connectivity index (χ3n) is 3.36. The molecule has 0 fully saturated rings. The number of carbonyl (C=O) groups is 2. The first-order valence-corrected chi connectivity index (χ1v) is 10.1. The van der Waals surface area contributed by atoms with Gasteiger partial charge in [0.2, 0.25) is 10.0 Å². The summed E-state index contributed by atoms with van der Waals surface area (Å²) in [5.41, 5.74) is -1.30. The fraction of sp³-hybridized carbons (Fsp3) is 0.529. The Hall–Kier alpha value is -2.73. The van der Waals surface area contributed by atoms with Gasteiger partial charge in [0.1, 0.15) is 12.2 Å². The van der Waals surface area contributed by atoms with Crippen molar-refractivity contribution in [3.63, 3.8) is 0 Å². The van der Waals surface area contributed by atoms with Crippen LogP contribution >= 0.6 is 0 Å². The van der Waals surface area contributed by atoms with Crippen LogP contribution in [0.25, 0.3) is 0 Å². The molecule has 0 aliphatic carbocycles. The molecule has 0 atom stereocenters. The zero-order chi connectivity index (χ0) is 22.2. The molecule has 0 radical (unpaired) electrons. The number of hydrogen-bond acceptors (Lipinski definition) is 8. The number of carbonyl (C=O) groups excluding carboxylic acids is 2. The highest BCUT2D eigenvalue weighted by Crippen LogP contribution is 2.26. The van der Waals surface area contributed by atoms with Gasteiger partial charge in [-0.15, -0.1) is 0 Å². The molecule has 0 heterocycles. The minimum atomic E-state index is -4.30. The molecular weight excluding hydrogens is 406 g/mol. The number of amides is 1. The minimum absolute atomic E-state index is 0.116. The fourth-order valence-corrected chi connectivity index (χ4v) is 3.79. The molecule has 1 N–H and O–H groups in total. The van der Waals surface area contributed by atoms with Crippen LogP contribution in [0.2, 0.25) is 0 Å². The van der Waals surface area contributed by atoms with Crippen LogP contribution in [0.5, 0.6) is 0 Å². The molecule has 1 aromatic rings. The Labute approximate surface area is 169 Å². The number of nitrogens with one attached hydrogen (secondary N) is 1. The molecule has 0 unspecified atom stereocenters. The molecular formula is C17H25N3O8S. The van der Waals surface area contributed by atoms with Gasteiger partial charge in [0.05, 0.1) is 4.92 Å². The van der Waals surface area contributed by atoms with Crippen LogP contribution in [0.15, 0.2) is 29.2 Å². The SMILES string of the molecule is CC(=O)OCCN(CCNC(=O)OC(C)(C)C)S(=O)(=O)c1ccccc1[N+](=O)[O-]. The minimum Gasteiger partial charge on any atom is -0.464 e. The number of nitro groups is 1. The molecule has 162 valence electrons. The predicted molar refractivity (Wildman–Crippen MR) is 103 cm³/mol. The summed E-state index contributed by atoms with van der Waals surface area (Å²) in [6, 6.07) is 4.91. The van der Waals surface area contributed by atoms with E-state index in [2.05, 4.69) is 5.32 Å². The largest absolute Gasteiger partial charge is 0.464 e. The molecule has 0 saturated heterocycles. The summed E-state index contributed by atoms with van der Waals surface area (Å²) >= 11 is 0. The maximum absolute atomic E-state index is 13.0. The monoisotopic (exact) mass is 431 g/mol. The number of para-hydroxylation sites is 1. The lowest BCUT2D eigenvalue weighted by atomic mass is 10.2. The lowest BCUT2D eigenvalue weighted by Gasteiger charge is -2.23. The molecule has 11 nitrogen and oxygen atoms in total. The van der Waals surface area contributed by atoms with Crippen molar-refractivity contribution in [1.82, 2.24) is 9.62 Å². The average Bonchev–Trinajstić information content (AvgIpc) is 2.58. The lowest BCUT2D eigenvalue weighted by Crippen LogP contribution is -2.41. The molecule has 0 aromatic heterocycles. The molecule has 1 amide bonds. The van der Waals surface area contributed by atoms with E-state index in [1.165, 1.54) is 19.1 Å². The number of alkyl carbamates (subject to hydrolysis) is 1. The highest BCUT2D eigenvalue weighted by Gasteiger charge is 2.31. The standard InChI is InChI=1S/C17H25N3O8S/c1-13(21)27-12-11-19(10-9-18-16(22)28-17(2,3)4)29(25,26)15-8-6-5-7-14(15)20(23)24/h5-8H,9-12H2,1-4H3,(H,18,22). The highest BCUT2D eigenvalue weighted by molar-refractivity contribution is 7.89. The van der Waals surface area contributed by atoms with Crippen LogP contribution in [0.3, 0.4) is 0 Å². The maximum atomic E-state index is 13.0. The van der Waals surface area contributed by atoms with Gasteiger partial charge in [0.25, 0.3) is 5.69 Å². The topological polar surface area (TPSA) is 145 Å². The van der Waals surface area contributed by atoms with Gasteiger partial charge >= 0.3 is 12.1 Å². The number of ether oxygens (including phenoxy) is 2. The van der Waals surface area contributed by atoms with Crippen LogP contribution in [0.1, 0.15) is 27.7 Å². The molecule has 0 aliphatic heterocycles. The first kappa shape index (κ1) is 24.3. The van der Waals surface area contributed by atoms with Crippen LogP contribution < -0.4 is 5.32 Å². The van der Waals surface area contributed by atoms with E-state index in [0.29, 0.717) is 0 Å². The Morgan fingerprint density at radius 3 is 2.38 bits per heavy atom. The number of sulfonamides is 1. The van der Waals surface area contributed by atoms with E-state index in [1.54, 1.807) is 20.8 Å². The lowest BCUT2D eigenvalue weighted by molar-refractivity contribution is -0.387. The van der Waals surface area contributed by atoms with E-state index in [4.69, 9.17) is 9.47 Å². The second-order valence-corrected chi connectivity index (χ2v) is 8.80. The van der Waals surface area contributed by atoms with Gasteiger partial charge in [0, 0.05) is 32.6 Å².